The van der Waals surface area contributed by atoms with E-state index in [0.29, 0.717) is 26.2 Å². The Hall–Kier alpha value is -1.92. The molecule has 1 unspecified atom stereocenters. The van der Waals surface area contributed by atoms with Gasteiger partial charge in [-0.15, -0.1) is 0 Å². The maximum atomic E-state index is 11.3. The summed E-state index contributed by atoms with van der Waals surface area (Å²) in [6.45, 7) is 8.73. The number of hydrogen-bond acceptors (Lipinski definition) is 5. The van der Waals surface area contributed by atoms with Crippen molar-refractivity contribution < 1.29 is 19.1 Å². The maximum absolute atomic E-state index is 11.3. The van der Waals surface area contributed by atoms with E-state index in [2.05, 4.69) is 15.4 Å². The van der Waals surface area contributed by atoms with Crippen molar-refractivity contribution in [1.82, 2.24) is 10.6 Å². The number of hydrogen-bond donors (Lipinski definition) is 2. The van der Waals surface area contributed by atoms with Crippen LogP contribution >= 0.6 is 0 Å². The molecule has 0 radical (unpaired) electrons. The standard InChI is InChI=1S/C9H18N2O2.C8H8O2/c1-9(2,3)13-6-7-8(12)11-5-4-10-7;9-7-10-6-8-4-2-1-3-5-8/h7,10H,4-6H2,1-3H3,(H,11,12);1-5,7H,6H2. The molecule has 1 aromatic carbocycles. The Morgan fingerprint density at radius 1 is 1.22 bits per heavy atom. The molecule has 6 nitrogen and oxygen atoms in total. The van der Waals surface area contributed by atoms with Crippen LogP contribution in [-0.4, -0.2) is 43.7 Å². The number of ether oxygens (including phenoxy) is 2. The minimum absolute atomic E-state index is 0.0375. The SMILES string of the molecule is CC(C)(C)OCC1NCCNC1=O.O=COCc1ccccc1. The molecule has 2 N–H and O–H groups in total. The van der Waals surface area contributed by atoms with Gasteiger partial charge in [0.25, 0.3) is 6.47 Å². The van der Waals surface area contributed by atoms with Crippen molar-refractivity contribution in [3.05, 3.63) is 35.9 Å². The lowest BCUT2D eigenvalue weighted by Gasteiger charge is -2.27. The van der Waals surface area contributed by atoms with Crippen molar-refractivity contribution in [1.29, 1.82) is 0 Å². The third kappa shape index (κ3) is 8.95. The van der Waals surface area contributed by atoms with Crippen LogP contribution in [0.5, 0.6) is 0 Å². The highest BCUT2D eigenvalue weighted by Crippen LogP contribution is 2.07. The summed E-state index contributed by atoms with van der Waals surface area (Å²) in [6.07, 6.45) is 0. The fourth-order valence-corrected chi connectivity index (χ4v) is 1.82. The molecule has 1 saturated heterocycles. The molecule has 0 spiro atoms. The summed E-state index contributed by atoms with van der Waals surface area (Å²) >= 11 is 0. The van der Waals surface area contributed by atoms with Crippen molar-refractivity contribution in [2.45, 2.75) is 39.0 Å². The second-order valence-corrected chi connectivity index (χ2v) is 6.11. The van der Waals surface area contributed by atoms with Gasteiger partial charge in [0.15, 0.2) is 0 Å². The van der Waals surface area contributed by atoms with Gasteiger partial charge in [0.2, 0.25) is 5.91 Å². The molecule has 1 fully saturated rings. The Morgan fingerprint density at radius 2 is 1.91 bits per heavy atom. The second kappa shape index (κ2) is 9.97. The van der Waals surface area contributed by atoms with E-state index >= 15 is 0 Å². The Balaban J connectivity index is 0.000000238. The van der Waals surface area contributed by atoms with Crippen LogP contribution in [0.4, 0.5) is 0 Å². The normalized spacial score (nSPS) is 17.5. The zero-order chi connectivity index (χ0) is 17.1. The van der Waals surface area contributed by atoms with Crippen LogP contribution in [0.1, 0.15) is 26.3 Å². The topological polar surface area (TPSA) is 76.7 Å². The van der Waals surface area contributed by atoms with E-state index in [1.54, 1.807) is 0 Å². The summed E-state index contributed by atoms with van der Waals surface area (Å²) in [6, 6.07) is 9.36. The summed E-state index contributed by atoms with van der Waals surface area (Å²) in [5, 5.41) is 5.89. The van der Waals surface area contributed by atoms with Crippen LogP contribution in [0, 0.1) is 0 Å². The maximum Gasteiger partial charge on any atom is 0.293 e. The smallest absolute Gasteiger partial charge is 0.293 e. The van der Waals surface area contributed by atoms with Gasteiger partial charge in [-0.3, -0.25) is 9.59 Å². The molecule has 128 valence electrons. The van der Waals surface area contributed by atoms with Gasteiger partial charge >= 0.3 is 0 Å². The highest BCUT2D eigenvalue weighted by molar-refractivity contribution is 5.82. The minimum atomic E-state index is -0.187. The molecule has 1 aliphatic rings. The first-order valence-corrected chi connectivity index (χ1v) is 7.66. The summed E-state index contributed by atoms with van der Waals surface area (Å²) in [7, 11) is 0. The number of nitrogens with one attached hydrogen (secondary N) is 2. The third-order valence-electron chi connectivity index (χ3n) is 2.98. The van der Waals surface area contributed by atoms with Gasteiger partial charge in [0.1, 0.15) is 12.6 Å². The summed E-state index contributed by atoms with van der Waals surface area (Å²) in [4.78, 5) is 21.0. The van der Waals surface area contributed by atoms with Crippen molar-refractivity contribution in [2.75, 3.05) is 19.7 Å². The molecule has 2 rings (SSSR count). The average Bonchev–Trinajstić information content (AvgIpc) is 2.53. The van der Waals surface area contributed by atoms with Crippen LogP contribution in [0.25, 0.3) is 0 Å². The van der Waals surface area contributed by atoms with E-state index in [1.807, 2.05) is 51.1 Å². The van der Waals surface area contributed by atoms with Gasteiger partial charge in [0.05, 0.1) is 12.2 Å². The molecule has 1 aromatic rings. The number of piperazine rings is 1. The van der Waals surface area contributed by atoms with E-state index in [9.17, 15) is 9.59 Å². The largest absolute Gasteiger partial charge is 0.463 e. The van der Waals surface area contributed by atoms with Crippen molar-refractivity contribution in [3.63, 3.8) is 0 Å². The van der Waals surface area contributed by atoms with Crippen molar-refractivity contribution in [3.8, 4) is 0 Å². The zero-order valence-electron chi connectivity index (χ0n) is 14.0. The Kier molecular flexibility index (Phi) is 8.29. The van der Waals surface area contributed by atoms with E-state index in [0.717, 1.165) is 12.1 Å². The van der Waals surface area contributed by atoms with Gasteiger partial charge < -0.3 is 20.1 Å². The van der Waals surface area contributed by atoms with E-state index in [1.165, 1.54) is 0 Å². The summed E-state index contributed by atoms with van der Waals surface area (Å²) in [5.74, 6) is 0.0375. The predicted octanol–water partition coefficient (Wildman–Crippen LogP) is 1.25. The van der Waals surface area contributed by atoms with Gasteiger partial charge in [-0.2, -0.15) is 0 Å². The Morgan fingerprint density at radius 3 is 2.48 bits per heavy atom. The number of carbonyl (C=O) groups is 2. The molecule has 1 atom stereocenters. The first-order chi connectivity index (χ1) is 10.9. The molecule has 1 aliphatic heterocycles. The minimum Gasteiger partial charge on any atom is -0.463 e. The van der Waals surface area contributed by atoms with Gasteiger partial charge in [-0.05, 0) is 26.3 Å². The predicted molar refractivity (Wildman–Crippen MR) is 87.8 cm³/mol. The number of benzene rings is 1. The molecule has 6 heteroatoms. The van der Waals surface area contributed by atoms with Crippen LogP contribution in [0.15, 0.2) is 30.3 Å². The van der Waals surface area contributed by atoms with Crippen LogP contribution in [0.2, 0.25) is 0 Å². The van der Waals surface area contributed by atoms with E-state index < -0.39 is 0 Å². The van der Waals surface area contributed by atoms with Gasteiger partial charge in [0, 0.05) is 13.1 Å². The number of rotatable bonds is 5. The summed E-state index contributed by atoms with van der Waals surface area (Å²) < 4.78 is 10.1. The Labute approximate surface area is 137 Å². The Bertz CT molecular complexity index is 471. The lowest BCUT2D eigenvalue weighted by atomic mass is 10.2. The van der Waals surface area contributed by atoms with Crippen LogP contribution < -0.4 is 10.6 Å². The van der Waals surface area contributed by atoms with Gasteiger partial charge in [-0.1, -0.05) is 30.3 Å². The highest BCUT2D eigenvalue weighted by Gasteiger charge is 2.23. The summed E-state index contributed by atoms with van der Waals surface area (Å²) in [5.41, 5.74) is 0.828. The van der Waals surface area contributed by atoms with E-state index in [-0.39, 0.29) is 17.6 Å². The molecular weight excluding hydrogens is 296 g/mol. The third-order valence-corrected chi connectivity index (χ3v) is 2.98. The molecular formula is C17H26N2O4. The fourth-order valence-electron chi connectivity index (χ4n) is 1.82. The number of amides is 1. The first-order valence-electron chi connectivity index (χ1n) is 7.66. The van der Waals surface area contributed by atoms with Crippen molar-refractivity contribution in [2.24, 2.45) is 0 Å². The van der Waals surface area contributed by atoms with Crippen LogP contribution in [-0.2, 0) is 25.7 Å². The molecule has 0 saturated carbocycles. The highest BCUT2D eigenvalue weighted by atomic mass is 16.5. The zero-order valence-corrected chi connectivity index (χ0v) is 14.0. The molecule has 0 aromatic heterocycles. The lowest BCUT2D eigenvalue weighted by molar-refractivity contribution is -0.130. The lowest BCUT2D eigenvalue weighted by Crippen LogP contribution is -2.55. The van der Waals surface area contributed by atoms with Crippen molar-refractivity contribution >= 4 is 12.4 Å². The monoisotopic (exact) mass is 322 g/mol. The molecule has 1 heterocycles. The molecule has 1 amide bonds. The number of carbonyl (C=O) groups excluding carboxylic acids is 2. The van der Waals surface area contributed by atoms with Crippen LogP contribution in [0.3, 0.4) is 0 Å². The molecule has 23 heavy (non-hydrogen) atoms. The second-order valence-electron chi connectivity index (χ2n) is 6.11. The molecule has 0 bridgehead atoms. The van der Waals surface area contributed by atoms with Gasteiger partial charge in [-0.25, -0.2) is 0 Å². The fraction of sp³-hybridized carbons (Fsp3) is 0.529. The quantitative estimate of drug-likeness (QED) is 0.798. The first kappa shape index (κ1) is 19.1. The average molecular weight is 322 g/mol. The van der Waals surface area contributed by atoms with E-state index in [4.69, 9.17) is 4.74 Å². The molecule has 0 aliphatic carbocycles.